The van der Waals surface area contributed by atoms with Crippen molar-refractivity contribution in [3.05, 3.63) is 171 Å². The number of carboxylic acids is 1. The van der Waals surface area contributed by atoms with Crippen LogP contribution in [0.2, 0.25) is 5.02 Å². The monoisotopic (exact) mass is 925 g/mol. The van der Waals surface area contributed by atoms with Crippen LogP contribution in [0.5, 0.6) is 5.75 Å². The minimum Gasteiger partial charge on any atom is -0.545 e. The predicted molar refractivity (Wildman–Crippen MR) is 254 cm³/mol. The van der Waals surface area contributed by atoms with Crippen molar-refractivity contribution in [2.75, 3.05) is 46.7 Å². The summed E-state index contributed by atoms with van der Waals surface area (Å²) in [5.41, 5.74) is 7.47. The van der Waals surface area contributed by atoms with E-state index in [1.807, 2.05) is 123 Å². The van der Waals surface area contributed by atoms with Gasteiger partial charge in [-0.2, -0.15) is 0 Å². The standard InChI is InChI=1S/C53H52ClN3O10/c1-55(2)36-14-19-40-44(25-36)66-45-26-37(56(3)4)15-20-41(45)47(40)39-18-12-34(24-42(39)53(63)64)52(62)57(5)27-31-6-8-32(9-7-31)29-65-38-16-10-30(11-17-38)22-35-23-33(13-21-43(35)54)51-50(61)49(60)48(59)46(28-58)67-51/h6-21,23-26,46,48-51,58-61H,22,27-29H2,1-5H3/t46-,48-,49+,50-,51+/m1/s1. The molecule has 5 aromatic carbocycles. The number of hydrogen-bond acceptors (Lipinski definition) is 11. The molecule has 0 aromatic heterocycles. The van der Waals surface area contributed by atoms with Gasteiger partial charge in [-0.15, -0.1) is 0 Å². The number of aromatic carboxylic acids is 1. The Balaban J connectivity index is 0.921. The molecule has 13 nitrogen and oxygen atoms in total. The summed E-state index contributed by atoms with van der Waals surface area (Å²) in [6.45, 7) is 0.0585. The first-order valence-corrected chi connectivity index (χ1v) is 22.2. The van der Waals surface area contributed by atoms with Gasteiger partial charge in [0.2, 0.25) is 5.36 Å². The third kappa shape index (κ3) is 9.94. The molecule has 0 spiro atoms. The predicted octanol–water partition coefficient (Wildman–Crippen LogP) is 5.28. The SMILES string of the molecule is CN(Cc1ccc(COc2ccc(Cc3cc([C@@H]4O[C@H](CO)[C@@H](O)[C@H](O)[C@H]4O)ccc3Cl)cc2)cc1)C(=O)c1ccc(-c2c3ccc(=[N+](C)C)cc-3oc3cc(N(C)C)ccc23)c(C(=O)[O-])c1. The quantitative estimate of drug-likeness (QED) is 0.0875. The van der Waals surface area contributed by atoms with Gasteiger partial charge >= 0.3 is 0 Å². The average molecular weight is 926 g/mol. The number of carboxylic acid groups (broad SMARTS) is 1. The second-order valence-corrected chi connectivity index (χ2v) is 17.8. The number of nitrogens with zero attached hydrogens (tertiary/aromatic N) is 3. The van der Waals surface area contributed by atoms with E-state index in [9.17, 15) is 35.1 Å². The highest BCUT2D eigenvalue weighted by Gasteiger charge is 2.44. The van der Waals surface area contributed by atoms with Gasteiger partial charge in [-0.3, -0.25) is 4.79 Å². The van der Waals surface area contributed by atoms with E-state index in [-0.39, 0.29) is 23.6 Å². The van der Waals surface area contributed by atoms with Gasteiger partial charge in [0.25, 0.3) is 5.91 Å². The van der Waals surface area contributed by atoms with Crippen molar-refractivity contribution in [3.8, 4) is 28.2 Å². The van der Waals surface area contributed by atoms with Crippen LogP contribution in [0.4, 0.5) is 5.69 Å². The lowest BCUT2D eigenvalue weighted by molar-refractivity contribution is -0.254. The first kappa shape index (κ1) is 46.9. The van der Waals surface area contributed by atoms with Gasteiger partial charge in [0, 0.05) is 78.2 Å². The molecule has 4 N–H and O–H groups in total. The fourth-order valence-corrected chi connectivity index (χ4v) is 8.64. The Hall–Kier alpha value is -6.58. The van der Waals surface area contributed by atoms with Crippen molar-refractivity contribution in [2.24, 2.45) is 0 Å². The molecule has 5 atom stereocenters. The van der Waals surface area contributed by atoms with Crippen LogP contribution in [0.1, 0.15) is 54.6 Å². The van der Waals surface area contributed by atoms with Crippen LogP contribution in [0.15, 0.2) is 126 Å². The van der Waals surface area contributed by atoms with E-state index >= 15 is 0 Å². The van der Waals surface area contributed by atoms with Gasteiger partial charge < -0.3 is 54.0 Å². The summed E-state index contributed by atoms with van der Waals surface area (Å²) in [6.07, 6.45) is -5.85. The molecule has 5 aromatic rings. The Morgan fingerprint density at radius 2 is 1.48 bits per heavy atom. The van der Waals surface area contributed by atoms with Crippen LogP contribution in [-0.2, 0) is 24.3 Å². The first-order chi connectivity index (χ1) is 32.1. The Morgan fingerprint density at radius 1 is 0.776 bits per heavy atom. The summed E-state index contributed by atoms with van der Waals surface area (Å²) in [5, 5.41) is 55.7. The number of benzene rings is 6. The number of amides is 1. The molecule has 0 radical (unpaired) electrons. The maximum atomic E-state index is 13.8. The lowest BCUT2D eigenvalue weighted by Crippen LogP contribution is -2.55. The van der Waals surface area contributed by atoms with Gasteiger partial charge in [-0.1, -0.05) is 66.2 Å². The fraction of sp³-hybridized carbons (Fsp3) is 0.264. The van der Waals surface area contributed by atoms with Gasteiger partial charge in [0.1, 0.15) is 68.3 Å². The maximum Gasteiger partial charge on any atom is 0.253 e. The van der Waals surface area contributed by atoms with E-state index in [1.165, 1.54) is 11.0 Å². The van der Waals surface area contributed by atoms with Gasteiger partial charge in [-0.25, -0.2) is 4.58 Å². The number of fused-ring (bicyclic) bond motifs is 2. The lowest BCUT2D eigenvalue weighted by atomic mass is 9.89. The number of rotatable bonds is 13. The third-order valence-electron chi connectivity index (χ3n) is 12.3. The second kappa shape index (κ2) is 19.7. The van der Waals surface area contributed by atoms with Crippen LogP contribution in [0.3, 0.4) is 0 Å². The molecule has 346 valence electrons. The molecule has 1 aliphatic carbocycles. The van der Waals surface area contributed by atoms with Crippen LogP contribution < -0.4 is 24.7 Å². The summed E-state index contributed by atoms with van der Waals surface area (Å²) in [5.74, 6) is -0.511. The molecular weight excluding hydrogens is 874 g/mol. The number of halogens is 1. The lowest BCUT2D eigenvalue weighted by Gasteiger charge is -2.40. The average Bonchev–Trinajstić information content (AvgIpc) is 3.32. The Bertz CT molecular complexity index is 2980. The van der Waals surface area contributed by atoms with E-state index in [4.69, 9.17) is 25.5 Å². The fourth-order valence-electron chi connectivity index (χ4n) is 8.46. The van der Waals surface area contributed by atoms with Crippen molar-refractivity contribution in [2.45, 2.75) is 50.1 Å². The molecule has 8 rings (SSSR count). The third-order valence-corrected chi connectivity index (χ3v) is 12.6. The number of carbonyl (C=O) groups is 2. The summed E-state index contributed by atoms with van der Waals surface area (Å²) in [7, 11) is 9.42. The highest BCUT2D eigenvalue weighted by Crippen LogP contribution is 2.42. The normalized spacial score (nSPS) is 18.2. The molecule has 1 fully saturated rings. The van der Waals surface area contributed by atoms with Gasteiger partial charge in [0.05, 0.1) is 18.6 Å². The molecule has 3 aliphatic rings. The molecule has 14 heteroatoms. The number of anilines is 1. The summed E-state index contributed by atoms with van der Waals surface area (Å²) >= 11 is 6.55. The zero-order valence-electron chi connectivity index (χ0n) is 37.7. The Morgan fingerprint density at radius 3 is 2.16 bits per heavy atom. The number of aliphatic hydroxyl groups excluding tert-OH is 4. The highest BCUT2D eigenvalue weighted by atomic mass is 35.5. The number of carbonyl (C=O) groups excluding carboxylic acids is 2. The molecule has 67 heavy (non-hydrogen) atoms. The van der Waals surface area contributed by atoms with Crippen LogP contribution in [0.25, 0.3) is 33.4 Å². The molecule has 1 saturated heterocycles. The molecule has 0 saturated carbocycles. The van der Waals surface area contributed by atoms with E-state index in [2.05, 4.69) is 0 Å². The second-order valence-electron chi connectivity index (χ2n) is 17.4. The molecular formula is C53H52ClN3O10. The first-order valence-electron chi connectivity index (χ1n) is 21.8. The van der Waals surface area contributed by atoms with Crippen molar-refractivity contribution in [1.82, 2.24) is 9.48 Å². The molecule has 2 heterocycles. The van der Waals surface area contributed by atoms with Crippen molar-refractivity contribution in [3.63, 3.8) is 0 Å². The Labute approximate surface area is 392 Å². The number of hydrogen-bond donors (Lipinski definition) is 4. The van der Waals surface area contributed by atoms with Gasteiger partial charge in [-0.05, 0) is 88.3 Å². The summed E-state index contributed by atoms with van der Waals surface area (Å²) < 4.78 is 20.2. The summed E-state index contributed by atoms with van der Waals surface area (Å²) in [6, 6.07) is 36.7. The Kier molecular flexibility index (Phi) is 13.8. The van der Waals surface area contributed by atoms with Crippen LogP contribution in [0, 0.1) is 0 Å². The molecule has 0 unspecified atom stereocenters. The molecule has 0 bridgehead atoms. The van der Waals surface area contributed by atoms with Gasteiger partial charge in [0.15, 0.2) is 0 Å². The van der Waals surface area contributed by atoms with E-state index in [0.29, 0.717) is 51.8 Å². The van der Waals surface area contributed by atoms with Crippen molar-refractivity contribution in [1.29, 1.82) is 0 Å². The minimum absolute atomic E-state index is 0.107. The number of aliphatic hydroxyl groups is 4. The zero-order chi connectivity index (χ0) is 47.7. The molecule has 1 amide bonds. The highest BCUT2D eigenvalue weighted by molar-refractivity contribution is 6.31. The summed E-state index contributed by atoms with van der Waals surface area (Å²) in [4.78, 5) is 30.2. The van der Waals surface area contributed by atoms with Crippen LogP contribution in [-0.4, -0.2) is 103 Å². The van der Waals surface area contributed by atoms with E-state index < -0.39 is 43.1 Å². The zero-order valence-corrected chi connectivity index (χ0v) is 38.5. The van der Waals surface area contributed by atoms with E-state index in [0.717, 1.165) is 44.2 Å². The molecule has 2 aliphatic heterocycles. The number of ether oxygens (including phenoxy) is 2. The van der Waals surface area contributed by atoms with Crippen molar-refractivity contribution >= 4 is 40.1 Å². The largest absolute Gasteiger partial charge is 0.545 e. The smallest absolute Gasteiger partial charge is 0.253 e. The van der Waals surface area contributed by atoms with E-state index in [1.54, 1.807) is 37.4 Å². The van der Waals surface area contributed by atoms with Crippen LogP contribution >= 0.6 is 11.6 Å². The maximum absolute atomic E-state index is 13.8. The van der Waals surface area contributed by atoms with Crippen molar-refractivity contribution < 1.29 is 49.0 Å². The topological polar surface area (TPSA) is 179 Å². The minimum atomic E-state index is -1.48.